The second-order valence-electron chi connectivity index (χ2n) is 6.14. The number of methoxy groups -OCH3 is 1. The van der Waals surface area contributed by atoms with Crippen molar-refractivity contribution in [2.75, 3.05) is 37.0 Å². The van der Waals surface area contributed by atoms with Crippen molar-refractivity contribution in [2.24, 2.45) is 0 Å². The van der Waals surface area contributed by atoms with Gasteiger partial charge in [0.15, 0.2) is 0 Å². The molecule has 1 atom stereocenters. The van der Waals surface area contributed by atoms with Gasteiger partial charge in [-0.15, -0.1) is 23.2 Å². The van der Waals surface area contributed by atoms with Gasteiger partial charge in [-0.05, 0) is 36.2 Å². The minimum absolute atomic E-state index is 0.259. The Balaban J connectivity index is 2.20. The lowest BCUT2D eigenvalue weighted by atomic mass is 10.1. The van der Waals surface area contributed by atoms with E-state index in [1.54, 1.807) is 28.9 Å². The maximum Gasteiger partial charge on any atom is 0.419 e. The average molecular weight is 459 g/mol. The van der Waals surface area contributed by atoms with Gasteiger partial charge in [-0.1, -0.05) is 30.3 Å². The maximum absolute atomic E-state index is 13.8. The third-order valence-corrected chi connectivity index (χ3v) is 6.58. The summed E-state index contributed by atoms with van der Waals surface area (Å²) < 4.78 is 26.0. The maximum atomic E-state index is 13.8. The molecule has 0 amide bonds. The molecular formula is C20H25Cl2N2O4P. The van der Waals surface area contributed by atoms with E-state index in [0.29, 0.717) is 37.4 Å². The summed E-state index contributed by atoms with van der Waals surface area (Å²) in [4.78, 5) is 11.3. The largest absolute Gasteiger partial charge is 0.469 e. The van der Waals surface area contributed by atoms with E-state index >= 15 is 0 Å². The molecule has 1 N–H and O–H groups in total. The minimum atomic E-state index is -3.52. The molecule has 0 aliphatic carbocycles. The Kier molecular flexibility index (Phi) is 9.82. The zero-order valence-corrected chi connectivity index (χ0v) is 18.6. The summed E-state index contributed by atoms with van der Waals surface area (Å²) >= 11 is 11.8. The van der Waals surface area contributed by atoms with E-state index in [1.807, 2.05) is 30.3 Å². The van der Waals surface area contributed by atoms with Crippen LogP contribution in [0.5, 0.6) is 5.75 Å². The van der Waals surface area contributed by atoms with E-state index in [0.717, 1.165) is 5.56 Å². The molecule has 0 aliphatic rings. The molecular weight excluding hydrogens is 434 g/mol. The lowest BCUT2D eigenvalue weighted by molar-refractivity contribution is -0.140. The van der Waals surface area contributed by atoms with Crippen molar-refractivity contribution in [3.63, 3.8) is 0 Å². The highest BCUT2D eigenvalue weighted by atomic mass is 35.5. The highest BCUT2D eigenvalue weighted by Crippen LogP contribution is 2.50. The third-order valence-electron chi connectivity index (χ3n) is 4.10. The first-order valence-electron chi connectivity index (χ1n) is 9.17. The second kappa shape index (κ2) is 12.1. The summed E-state index contributed by atoms with van der Waals surface area (Å²) in [5, 5.41) is 3.03. The third kappa shape index (κ3) is 7.56. The van der Waals surface area contributed by atoms with Crippen LogP contribution in [-0.2, 0) is 20.5 Å². The van der Waals surface area contributed by atoms with Crippen LogP contribution in [0.1, 0.15) is 12.0 Å². The van der Waals surface area contributed by atoms with Crippen LogP contribution in [0.2, 0.25) is 0 Å². The van der Waals surface area contributed by atoms with Crippen LogP contribution in [0.4, 0.5) is 5.69 Å². The number of benzene rings is 2. The molecule has 0 aliphatic heterocycles. The monoisotopic (exact) mass is 458 g/mol. The predicted molar refractivity (Wildman–Crippen MR) is 118 cm³/mol. The fourth-order valence-corrected chi connectivity index (χ4v) is 5.16. The quantitative estimate of drug-likeness (QED) is 0.268. The fraction of sp³-hybridized carbons (Fsp3) is 0.350. The van der Waals surface area contributed by atoms with Crippen molar-refractivity contribution in [3.05, 3.63) is 60.2 Å². The van der Waals surface area contributed by atoms with Crippen LogP contribution in [0, 0.1) is 0 Å². The van der Waals surface area contributed by atoms with Gasteiger partial charge in [0, 0.05) is 37.0 Å². The van der Waals surface area contributed by atoms with Gasteiger partial charge >= 0.3 is 13.6 Å². The van der Waals surface area contributed by atoms with Crippen molar-refractivity contribution in [1.82, 2.24) is 4.67 Å². The van der Waals surface area contributed by atoms with Gasteiger partial charge in [0.1, 0.15) is 5.75 Å². The summed E-state index contributed by atoms with van der Waals surface area (Å²) in [6.07, 6.45) is 0.869. The van der Waals surface area contributed by atoms with Gasteiger partial charge in [-0.25, -0.2) is 9.24 Å². The normalized spacial score (nSPS) is 13.0. The van der Waals surface area contributed by atoms with E-state index < -0.39 is 7.67 Å². The number of para-hydroxylation sites is 1. The second-order valence-corrected chi connectivity index (χ2v) is 8.91. The molecule has 0 radical (unpaired) electrons. The number of hydrogen-bond donors (Lipinski definition) is 1. The zero-order valence-electron chi connectivity index (χ0n) is 16.2. The fourth-order valence-electron chi connectivity index (χ4n) is 2.60. The van der Waals surface area contributed by atoms with Crippen molar-refractivity contribution in [2.45, 2.75) is 12.8 Å². The smallest absolute Gasteiger partial charge is 0.419 e. The molecule has 9 heteroatoms. The standard InChI is InChI=1S/C20H25Cl2N2O4P/c1-27-20(25)12-9-17-7-10-18(11-8-17)23-29(26,24(15-13-21)16-14-22)28-19-5-3-2-4-6-19/h2-8,10-11H,9,12-16H2,1H3,(H,23,26)/t29-/m0/s1. The van der Waals surface area contributed by atoms with Crippen LogP contribution in [-0.4, -0.2) is 42.6 Å². The molecule has 0 fully saturated rings. The SMILES string of the molecule is COC(=O)CCc1ccc(N[P@](=O)(Oc2ccccc2)N(CCCl)CCCl)cc1. The number of carbonyl (C=O) groups excluding carboxylic acids is 1. The number of alkyl halides is 2. The van der Waals surface area contributed by atoms with Gasteiger partial charge in [-0.2, -0.15) is 0 Å². The number of nitrogens with one attached hydrogen (secondary N) is 1. The van der Waals surface area contributed by atoms with Gasteiger partial charge < -0.3 is 9.26 Å². The molecule has 2 aromatic carbocycles. The Morgan fingerprint density at radius 2 is 1.66 bits per heavy atom. The molecule has 0 bridgehead atoms. The summed E-state index contributed by atoms with van der Waals surface area (Å²) in [5.41, 5.74) is 1.60. The number of ether oxygens (including phenoxy) is 1. The number of carbonyl (C=O) groups is 1. The van der Waals surface area contributed by atoms with Gasteiger partial charge in [0.2, 0.25) is 0 Å². The highest BCUT2D eigenvalue weighted by Gasteiger charge is 2.33. The molecule has 29 heavy (non-hydrogen) atoms. The topological polar surface area (TPSA) is 67.9 Å². The molecule has 6 nitrogen and oxygen atoms in total. The minimum Gasteiger partial charge on any atom is -0.469 e. The van der Waals surface area contributed by atoms with E-state index in [1.165, 1.54) is 7.11 Å². The van der Waals surface area contributed by atoms with Crippen molar-refractivity contribution >= 4 is 42.5 Å². The van der Waals surface area contributed by atoms with Gasteiger partial charge in [0.05, 0.1) is 7.11 Å². The molecule has 2 aromatic rings. The van der Waals surface area contributed by atoms with Gasteiger partial charge in [-0.3, -0.25) is 9.88 Å². The summed E-state index contributed by atoms with van der Waals surface area (Å²) in [6, 6.07) is 16.3. The molecule has 0 saturated carbocycles. The Labute approximate surface area is 181 Å². The van der Waals surface area contributed by atoms with E-state index in [4.69, 9.17) is 27.7 Å². The van der Waals surface area contributed by atoms with E-state index in [-0.39, 0.29) is 17.7 Å². The Hall–Kier alpha value is -1.72. The molecule has 0 heterocycles. The van der Waals surface area contributed by atoms with Gasteiger partial charge in [0.25, 0.3) is 0 Å². The van der Waals surface area contributed by atoms with Crippen molar-refractivity contribution in [3.8, 4) is 5.75 Å². The predicted octanol–water partition coefficient (Wildman–Crippen LogP) is 5.17. The van der Waals surface area contributed by atoms with Crippen LogP contribution in [0.3, 0.4) is 0 Å². The Morgan fingerprint density at radius 1 is 1.03 bits per heavy atom. The van der Waals surface area contributed by atoms with E-state index in [2.05, 4.69) is 9.82 Å². The lowest BCUT2D eigenvalue weighted by Crippen LogP contribution is -2.30. The first-order chi connectivity index (χ1) is 14.0. The number of esters is 1. The molecule has 0 unspecified atom stereocenters. The van der Waals surface area contributed by atoms with Crippen LogP contribution in [0.25, 0.3) is 0 Å². The van der Waals surface area contributed by atoms with E-state index in [9.17, 15) is 9.36 Å². The number of anilines is 1. The molecule has 0 saturated heterocycles. The highest BCUT2D eigenvalue weighted by molar-refractivity contribution is 7.58. The number of rotatable bonds is 12. The van der Waals surface area contributed by atoms with Crippen LogP contribution >= 0.6 is 30.9 Å². The van der Waals surface area contributed by atoms with Crippen LogP contribution < -0.4 is 9.61 Å². The Morgan fingerprint density at radius 3 is 2.21 bits per heavy atom. The zero-order chi connectivity index (χ0) is 21.1. The number of nitrogens with zero attached hydrogens (tertiary/aromatic N) is 1. The van der Waals surface area contributed by atoms with Crippen molar-refractivity contribution in [1.29, 1.82) is 0 Å². The Bertz CT molecular complexity index is 800. The van der Waals surface area contributed by atoms with Crippen molar-refractivity contribution < 1.29 is 18.6 Å². The molecule has 2 rings (SSSR count). The van der Waals surface area contributed by atoms with Crippen LogP contribution in [0.15, 0.2) is 54.6 Å². The number of hydrogen-bond acceptors (Lipinski definition) is 4. The summed E-state index contributed by atoms with van der Waals surface area (Å²) in [5.74, 6) is 0.790. The average Bonchev–Trinajstić information content (AvgIpc) is 2.73. The molecule has 158 valence electrons. The first-order valence-corrected chi connectivity index (χ1v) is 11.8. The first kappa shape index (κ1) is 23.6. The molecule has 0 aromatic heterocycles. The summed E-state index contributed by atoms with van der Waals surface area (Å²) in [6.45, 7) is 0.700. The number of halogens is 2. The molecule has 0 spiro atoms. The lowest BCUT2D eigenvalue weighted by Gasteiger charge is -2.31. The summed E-state index contributed by atoms with van der Waals surface area (Å²) in [7, 11) is -2.15. The number of aryl methyl sites for hydroxylation is 1.